The number of pyridine rings is 1. The van der Waals surface area contributed by atoms with E-state index in [1.165, 1.54) is 0 Å². The highest BCUT2D eigenvalue weighted by molar-refractivity contribution is 5.92. The van der Waals surface area contributed by atoms with Crippen LogP contribution in [0.5, 0.6) is 0 Å². The summed E-state index contributed by atoms with van der Waals surface area (Å²) < 4.78 is 1.67. The summed E-state index contributed by atoms with van der Waals surface area (Å²) in [5.41, 5.74) is 0.413. The van der Waals surface area contributed by atoms with Crippen molar-refractivity contribution in [2.24, 2.45) is 0 Å². The van der Waals surface area contributed by atoms with Crippen LogP contribution >= 0.6 is 0 Å². The molecule has 4 heterocycles. The van der Waals surface area contributed by atoms with Gasteiger partial charge in [0.1, 0.15) is 24.2 Å². The minimum absolute atomic E-state index is 0.0800. The molecule has 126 valence electrons. The van der Waals surface area contributed by atoms with Crippen LogP contribution in [0.3, 0.4) is 0 Å². The van der Waals surface area contributed by atoms with Gasteiger partial charge in [0, 0.05) is 38.6 Å². The quantitative estimate of drug-likeness (QED) is 0.684. The Bertz CT molecular complexity index is 844. The third-order valence-corrected chi connectivity index (χ3v) is 4.04. The number of rotatable bonds is 3. The number of carbonyl (C=O) groups is 1. The summed E-state index contributed by atoms with van der Waals surface area (Å²) in [5, 5.41) is 7.52. The summed E-state index contributed by atoms with van der Waals surface area (Å²) in [7, 11) is 0. The van der Waals surface area contributed by atoms with E-state index in [9.17, 15) is 4.79 Å². The fraction of sp³-hybridized carbons (Fsp3) is 0.250. The van der Waals surface area contributed by atoms with Crippen LogP contribution in [0.1, 0.15) is 10.5 Å². The van der Waals surface area contributed by atoms with Crippen LogP contribution < -0.4 is 4.90 Å². The fourth-order valence-corrected chi connectivity index (χ4v) is 2.73. The number of nitrogens with zero attached hydrogens (tertiary/aromatic N) is 8. The molecule has 1 aliphatic rings. The number of amides is 1. The molecule has 0 saturated carbocycles. The van der Waals surface area contributed by atoms with E-state index < -0.39 is 0 Å². The fourth-order valence-electron chi connectivity index (χ4n) is 2.73. The zero-order chi connectivity index (χ0) is 17.1. The maximum Gasteiger partial charge on any atom is 0.272 e. The summed E-state index contributed by atoms with van der Waals surface area (Å²) in [6.45, 7) is 2.60. The lowest BCUT2D eigenvalue weighted by Crippen LogP contribution is -2.49. The molecule has 9 heteroatoms. The molecule has 0 N–H and O–H groups in total. The van der Waals surface area contributed by atoms with E-state index in [0.29, 0.717) is 43.6 Å². The molecular formula is C16H16N8O. The van der Waals surface area contributed by atoms with E-state index in [0.717, 1.165) is 0 Å². The van der Waals surface area contributed by atoms with Crippen molar-refractivity contribution in [2.75, 3.05) is 31.1 Å². The van der Waals surface area contributed by atoms with Crippen LogP contribution in [0, 0.1) is 0 Å². The Morgan fingerprint density at radius 2 is 1.64 bits per heavy atom. The molecule has 0 unspecified atom stereocenters. The first-order chi connectivity index (χ1) is 12.3. The van der Waals surface area contributed by atoms with E-state index in [1.807, 2.05) is 12.1 Å². The second-order valence-electron chi connectivity index (χ2n) is 5.58. The summed E-state index contributed by atoms with van der Waals surface area (Å²) >= 11 is 0. The second-order valence-corrected chi connectivity index (χ2v) is 5.58. The SMILES string of the molecule is O=C(c1cccc(-n2cnnc2)n1)N1CCN(c2ncccn2)CC1. The molecule has 1 aliphatic heterocycles. The van der Waals surface area contributed by atoms with Crippen molar-refractivity contribution in [2.45, 2.75) is 0 Å². The lowest BCUT2D eigenvalue weighted by molar-refractivity contribution is 0.0740. The van der Waals surface area contributed by atoms with E-state index in [1.54, 1.807) is 46.6 Å². The number of carbonyl (C=O) groups excluding carboxylic acids is 1. The number of aromatic nitrogens is 6. The third-order valence-electron chi connectivity index (χ3n) is 4.04. The molecule has 25 heavy (non-hydrogen) atoms. The van der Waals surface area contributed by atoms with Crippen LogP contribution in [-0.4, -0.2) is 66.7 Å². The van der Waals surface area contributed by atoms with Crippen molar-refractivity contribution >= 4 is 11.9 Å². The van der Waals surface area contributed by atoms with Gasteiger partial charge in [-0.25, -0.2) is 15.0 Å². The maximum atomic E-state index is 12.7. The molecule has 3 aromatic rings. The van der Waals surface area contributed by atoms with Crippen LogP contribution in [-0.2, 0) is 0 Å². The summed E-state index contributed by atoms with van der Waals surface area (Å²) in [6.07, 6.45) is 6.55. The lowest BCUT2D eigenvalue weighted by Gasteiger charge is -2.34. The first-order valence-electron chi connectivity index (χ1n) is 7.94. The Balaban J connectivity index is 1.45. The molecule has 0 spiro atoms. The van der Waals surface area contributed by atoms with Gasteiger partial charge in [-0.05, 0) is 18.2 Å². The zero-order valence-electron chi connectivity index (χ0n) is 13.4. The molecule has 4 rings (SSSR count). The molecular weight excluding hydrogens is 320 g/mol. The van der Waals surface area contributed by atoms with Crippen LogP contribution in [0.2, 0.25) is 0 Å². The van der Waals surface area contributed by atoms with Crippen molar-refractivity contribution in [3.05, 3.63) is 55.0 Å². The van der Waals surface area contributed by atoms with Gasteiger partial charge in [0.25, 0.3) is 5.91 Å². The van der Waals surface area contributed by atoms with Gasteiger partial charge < -0.3 is 9.80 Å². The predicted octanol–water partition coefficient (Wildman–Crippen LogP) is 0.415. The standard InChI is InChI=1S/C16H16N8O/c25-15(13-3-1-4-14(21-13)24-11-19-20-12-24)22-7-9-23(10-8-22)16-17-5-2-6-18-16/h1-6,11-12H,7-10H2. The summed E-state index contributed by atoms with van der Waals surface area (Å²) in [5.74, 6) is 1.23. The van der Waals surface area contributed by atoms with E-state index >= 15 is 0 Å². The van der Waals surface area contributed by atoms with Crippen molar-refractivity contribution in [1.82, 2.24) is 34.6 Å². The molecule has 0 aromatic carbocycles. The first-order valence-corrected chi connectivity index (χ1v) is 7.94. The van der Waals surface area contributed by atoms with Gasteiger partial charge in [0.2, 0.25) is 5.95 Å². The van der Waals surface area contributed by atoms with Crippen LogP contribution in [0.25, 0.3) is 5.82 Å². The van der Waals surface area contributed by atoms with Gasteiger partial charge >= 0.3 is 0 Å². The number of anilines is 1. The Labute approximate surface area is 144 Å². The largest absolute Gasteiger partial charge is 0.337 e. The minimum atomic E-state index is -0.0800. The molecule has 0 aliphatic carbocycles. The zero-order valence-corrected chi connectivity index (χ0v) is 13.4. The van der Waals surface area contributed by atoms with Crippen molar-refractivity contribution in [1.29, 1.82) is 0 Å². The molecule has 1 amide bonds. The van der Waals surface area contributed by atoms with Gasteiger partial charge in [0.05, 0.1) is 0 Å². The van der Waals surface area contributed by atoms with E-state index in [4.69, 9.17) is 0 Å². The van der Waals surface area contributed by atoms with Crippen molar-refractivity contribution in [3.63, 3.8) is 0 Å². The highest BCUT2D eigenvalue weighted by Crippen LogP contribution is 2.13. The molecule has 9 nitrogen and oxygen atoms in total. The highest BCUT2D eigenvalue weighted by atomic mass is 16.2. The normalized spacial score (nSPS) is 14.6. The smallest absolute Gasteiger partial charge is 0.272 e. The predicted molar refractivity (Wildman–Crippen MR) is 89.3 cm³/mol. The topological polar surface area (TPSA) is 92.9 Å². The average molecular weight is 336 g/mol. The van der Waals surface area contributed by atoms with Crippen molar-refractivity contribution < 1.29 is 4.79 Å². The molecule has 0 atom stereocenters. The summed E-state index contributed by atoms with van der Waals surface area (Å²) in [4.78, 5) is 29.5. The molecule has 3 aromatic heterocycles. The van der Waals surface area contributed by atoms with E-state index in [2.05, 4.69) is 30.0 Å². The molecule has 1 fully saturated rings. The maximum absolute atomic E-state index is 12.7. The van der Waals surface area contributed by atoms with E-state index in [-0.39, 0.29) is 5.91 Å². The number of hydrogen-bond donors (Lipinski definition) is 0. The van der Waals surface area contributed by atoms with Crippen LogP contribution in [0.4, 0.5) is 5.95 Å². The lowest BCUT2D eigenvalue weighted by atomic mass is 10.2. The second kappa shape index (κ2) is 6.63. The van der Waals surface area contributed by atoms with Crippen molar-refractivity contribution in [3.8, 4) is 5.82 Å². The van der Waals surface area contributed by atoms with Gasteiger partial charge in [-0.3, -0.25) is 9.36 Å². The van der Waals surface area contributed by atoms with Gasteiger partial charge in [-0.1, -0.05) is 6.07 Å². The Morgan fingerprint density at radius 3 is 2.36 bits per heavy atom. The Kier molecular flexibility index (Phi) is 4.03. The average Bonchev–Trinajstić information content (AvgIpc) is 3.23. The monoisotopic (exact) mass is 336 g/mol. The minimum Gasteiger partial charge on any atom is -0.337 e. The molecule has 0 bridgehead atoms. The Morgan fingerprint density at radius 1 is 0.920 bits per heavy atom. The number of piperazine rings is 1. The molecule has 1 saturated heterocycles. The van der Waals surface area contributed by atoms with Gasteiger partial charge in [-0.2, -0.15) is 0 Å². The number of hydrogen-bond acceptors (Lipinski definition) is 7. The first kappa shape index (κ1) is 15.2. The molecule has 0 radical (unpaired) electrons. The van der Waals surface area contributed by atoms with Gasteiger partial charge in [0.15, 0.2) is 0 Å². The van der Waals surface area contributed by atoms with Crippen LogP contribution in [0.15, 0.2) is 49.3 Å². The third kappa shape index (κ3) is 3.16. The highest BCUT2D eigenvalue weighted by Gasteiger charge is 2.24. The Hall–Kier alpha value is -3.36. The van der Waals surface area contributed by atoms with Gasteiger partial charge in [-0.15, -0.1) is 10.2 Å². The summed E-state index contributed by atoms with van der Waals surface area (Å²) in [6, 6.07) is 7.13.